The molecule has 0 radical (unpaired) electrons. The van der Waals surface area contributed by atoms with E-state index in [9.17, 15) is 5.11 Å². The third-order valence-electron chi connectivity index (χ3n) is 3.99. The number of nitrogens with two attached hydrogens (primary N) is 1. The van der Waals surface area contributed by atoms with Crippen molar-refractivity contribution in [1.29, 1.82) is 0 Å². The maximum atomic E-state index is 9.78. The van der Waals surface area contributed by atoms with Crippen LogP contribution in [0.2, 0.25) is 0 Å². The van der Waals surface area contributed by atoms with Crippen molar-refractivity contribution in [3.05, 3.63) is 15.9 Å². The first-order valence-electron chi connectivity index (χ1n) is 6.50. The summed E-state index contributed by atoms with van der Waals surface area (Å²) in [5, 5.41) is 14.2. The summed E-state index contributed by atoms with van der Waals surface area (Å²) in [5.41, 5.74) is 7.87. The second kappa shape index (κ2) is 5.31. The average Bonchev–Trinajstić information content (AvgIpc) is 3.13. The quantitative estimate of drug-likeness (QED) is 0.841. The Hall–Kier alpha value is -0.390. The summed E-state index contributed by atoms with van der Waals surface area (Å²) < 4.78 is 2.94. The van der Waals surface area contributed by atoms with Crippen molar-refractivity contribution in [3.63, 3.8) is 0 Å². The van der Waals surface area contributed by atoms with E-state index in [1.165, 1.54) is 12.8 Å². The molecule has 1 saturated carbocycles. The minimum Gasteiger partial charge on any atom is -0.396 e. The number of hydrogen-bond donors (Lipinski definition) is 2. The van der Waals surface area contributed by atoms with Crippen molar-refractivity contribution in [3.8, 4) is 0 Å². The SMILES string of the molecule is Cc1nn(C)c(CC(CN)(CO)CC2CC2)c1Br. The van der Waals surface area contributed by atoms with E-state index in [1.54, 1.807) is 0 Å². The minimum atomic E-state index is -0.191. The van der Waals surface area contributed by atoms with Gasteiger partial charge in [-0.25, -0.2) is 0 Å². The molecule has 5 heteroatoms. The number of aromatic nitrogens is 2. The Bertz CT molecular complexity index is 422. The van der Waals surface area contributed by atoms with Gasteiger partial charge in [-0.05, 0) is 41.6 Å². The fraction of sp³-hybridized carbons (Fsp3) is 0.769. The fourth-order valence-electron chi connectivity index (χ4n) is 2.57. The van der Waals surface area contributed by atoms with Crippen molar-refractivity contribution in [2.45, 2.75) is 32.6 Å². The summed E-state index contributed by atoms with van der Waals surface area (Å²) in [6, 6.07) is 0. The number of hydrogen-bond acceptors (Lipinski definition) is 3. The summed E-state index contributed by atoms with van der Waals surface area (Å²) in [6.07, 6.45) is 4.38. The molecular weight excluding hydrogens is 294 g/mol. The van der Waals surface area contributed by atoms with Gasteiger partial charge in [0.2, 0.25) is 0 Å². The average molecular weight is 316 g/mol. The molecule has 1 heterocycles. The normalized spacial score (nSPS) is 18.9. The molecule has 1 aliphatic rings. The summed E-state index contributed by atoms with van der Waals surface area (Å²) in [5.74, 6) is 0.758. The molecule has 0 aromatic carbocycles. The Balaban J connectivity index is 2.21. The van der Waals surface area contributed by atoms with Gasteiger partial charge in [-0.2, -0.15) is 5.10 Å². The van der Waals surface area contributed by atoms with Crippen LogP contribution in [0.15, 0.2) is 4.47 Å². The van der Waals surface area contributed by atoms with Crippen LogP contribution in [0.4, 0.5) is 0 Å². The lowest BCUT2D eigenvalue weighted by atomic mass is 9.79. The van der Waals surface area contributed by atoms with Crippen molar-refractivity contribution in [1.82, 2.24) is 9.78 Å². The molecule has 102 valence electrons. The fourth-order valence-corrected chi connectivity index (χ4v) is 3.05. The summed E-state index contributed by atoms with van der Waals surface area (Å²) in [7, 11) is 1.95. The van der Waals surface area contributed by atoms with Gasteiger partial charge in [0.25, 0.3) is 0 Å². The second-order valence-electron chi connectivity index (χ2n) is 5.66. The van der Waals surface area contributed by atoms with E-state index in [0.29, 0.717) is 6.54 Å². The van der Waals surface area contributed by atoms with E-state index < -0.39 is 0 Å². The van der Waals surface area contributed by atoms with Gasteiger partial charge in [0, 0.05) is 19.0 Å². The standard InChI is InChI=1S/C13H22BrN3O/c1-9-12(14)11(17(2)16-9)6-13(7-15,8-18)5-10-3-4-10/h10,18H,3-8,15H2,1-2H3. The Kier molecular flexibility index (Phi) is 4.14. The number of nitrogens with zero attached hydrogens (tertiary/aromatic N) is 2. The van der Waals surface area contributed by atoms with Gasteiger partial charge in [0.05, 0.1) is 22.5 Å². The van der Waals surface area contributed by atoms with E-state index in [-0.39, 0.29) is 12.0 Å². The van der Waals surface area contributed by atoms with E-state index in [1.807, 2.05) is 18.7 Å². The first-order chi connectivity index (χ1) is 8.51. The minimum absolute atomic E-state index is 0.149. The molecule has 0 amide bonds. The number of rotatable bonds is 6. The van der Waals surface area contributed by atoms with Crippen molar-refractivity contribution < 1.29 is 5.11 Å². The summed E-state index contributed by atoms with van der Waals surface area (Å²) in [4.78, 5) is 0. The summed E-state index contributed by atoms with van der Waals surface area (Å²) in [6.45, 7) is 2.66. The highest BCUT2D eigenvalue weighted by Crippen LogP contribution is 2.42. The third-order valence-corrected chi connectivity index (χ3v) is 5.02. The maximum absolute atomic E-state index is 9.78. The van der Waals surface area contributed by atoms with Gasteiger partial charge in [-0.3, -0.25) is 4.68 Å². The van der Waals surface area contributed by atoms with E-state index in [0.717, 1.165) is 34.6 Å². The molecule has 1 unspecified atom stereocenters. The van der Waals surface area contributed by atoms with Crippen molar-refractivity contribution in [2.24, 2.45) is 24.1 Å². The predicted molar refractivity (Wildman–Crippen MR) is 75.3 cm³/mol. The zero-order valence-electron chi connectivity index (χ0n) is 11.1. The van der Waals surface area contributed by atoms with Crippen LogP contribution in [-0.2, 0) is 13.5 Å². The van der Waals surface area contributed by atoms with Crippen LogP contribution in [0.25, 0.3) is 0 Å². The molecule has 0 spiro atoms. The van der Waals surface area contributed by atoms with Crippen molar-refractivity contribution in [2.75, 3.05) is 13.2 Å². The maximum Gasteiger partial charge on any atom is 0.0738 e. The number of aliphatic hydroxyl groups excluding tert-OH is 1. The van der Waals surface area contributed by atoms with Gasteiger partial charge in [0.1, 0.15) is 0 Å². The molecule has 1 aromatic heterocycles. The zero-order valence-corrected chi connectivity index (χ0v) is 12.7. The van der Waals surface area contributed by atoms with Crippen LogP contribution < -0.4 is 5.73 Å². The third kappa shape index (κ3) is 2.78. The molecule has 0 bridgehead atoms. The van der Waals surface area contributed by atoms with Gasteiger partial charge < -0.3 is 10.8 Å². The lowest BCUT2D eigenvalue weighted by molar-refractivity contribution is 0.113. The first kappa shape index (κ1) is 14.0. The Morgan fingerprint density at radius 3 is 2.61 bits per heavy atom. The summed E-state index contributed by atoms with van der Waals surface area (Å²) >= 11 is 3.59. The van der Waals surface area contributed by atoms with Crippen LogP contribution >= 0.6 is 15.9 Å². The predicted octanol–water partition coefficient (Wildman–Crippen LogP) is 1.77. The van der Waals surface area contributed by atoms with E-state index in [4.69, 9.17) is 5.73 Å². The number of halogens is 1. The van der Waals surface area contributed by atoms with E-state index >= 15 is 0 Å². The van der Waals surface area contributed by atoms with E-state index in [2.05, 4.69) is 21.0 Å². The zero-order chi connectivity index (χ0) is 13.3. The monoisotopic (exact) mass is 315 g/mol. The first-order valence-corrected chi connectivity index (χ1v) is 7.29. The largest absolute Gasteiger partial charge is 0.396 e. The molecular formula is C13H22BrN3O. The number of aliphatic hydroxyl groups is 1. The molecule has 4 nitrogen and oxygen atoms in total. The van der Waals surface area contributed by atoms with Crippen LogP contribution in [0.5, 0.6) is 0 Å². The Labute approximate surface area is 117 Å². The lowest BCUT2D eigenvalue weighted by Crippen LogP contribution is -2.37. The smallest absolute Gasteiger partial charge is 0.0738 e. The molecule has 18 heavy (non-hydrogen) atoms. The second-order valence-corrected chi connectivity index (χ2v) is 6.45. The van der Waals surface area contributed by atoms with Crippen LogP contribution in [-0.4, -0.2) is 28.0 Å². The molecule has 1 fully saturated rings. The molecule has 1 atom stereocenters. The molecule has 3 N–H and O–H groups in total. The van der Waals surface area contributed by atoms with Crippen LogP contribution in [0, 0.1) is 18.3 Å². The number of aryl methyl sites for hydroxylation is 2. The molecule has 0 aliphatic heterocycles. The van der Waals surface area contributed by atoms with Crippen LogP contribution in [0.3, 0.4) is 0 Å². The Morgan fingerprint density at radius 1 is 1.56 bits per heavy atom. The van der Waals surface area contributed by atoms with Gasteiger partial charge in [0.15, 0.2) is 0 Å². The molecule has 1 aromatic rings. The topological polar surface area (TPSA) is 64.1 Å². The molecule has 1 aliphatic carbocycles. The van der Waals surface area contributed by atoms with Gasteiger partial charge in [-0.15, -0.1) is 0 Å². The highest BCUT2D eigenvalue weighted by atomic mass is 79.9. The highest BCUT2D eigenvalue weighted by molar-refractivity contribution is 9.10. The van der Waals surface area contributed by atoms with Gasteiger partial charge in [-0.1, -0.05) is 12.8 Å². The highest BCUT2D eigenvalue weighted by Gasteiger charge is 2.37. The lowest BCUT2D eigenvalue weighted by Gasteiger charge is -2.30. The van der Waals surface area contributed by atoms with Crippen LogP contribution in [0.1, 0.15) is 30.7 Å². The molecule has 0 saturated heterocycles. The van der Waals surface area contributed by atoms with Crippen molar-refractivity contribution >= 4 is 15.9 Å². The Morgan fingerprint density at radius 2 is 2.22 bits per heavy atom. The van der Waals surface area contributed by atoms with Gasteiger partial charge >= 0.3 is 0 Å². The molecule has 2 rings (SSSR count).